The van der Waals surface area contributed by atoms with Crippen LogP contribution in [-0.2, 0) is 0 Å². The summed E-state index contributed by atoms with van der Waals surface area (Å²) in [6.07, 6.45) is 2.44. The molecule has 88 valence electrons. The van der Waals surface area contributed by atoms with E-state index in [-0.39, 0.29) is 0 Å². The Morgan fingerprint density at radius 3 is 2.94 bits per heavy atom. The maximum absolute atomic E-state index is 5.36. The van der Waals surface area contributed by atoms with Gasteiger partial charge in [0.1, 0.15) is 0 Å². The molecule has 1 unspecified atom stereocenters. The van der Waals surface area contributed by atoms with Gasteiger partial charge in [-0.25, -0.2) is 0 Å². The van der Waals surface area contributed by atoms with Crippen LogP contribution in [0.25, 0.3) is 0 Å². The number of hydrogen-bond acceptors (Lipinski definition) is 3. The zero-order chi connectivity index (χ0) is 11.4. The first-order valence-electron chi connectivity index (χ1n) is 5.94. The Morgan fingerprint density at radius 1 is 1.31 bits per heavy atom. The van der Waals surface area contributed by atoms with E-state index < -0.39 is 0 Å². The van der Waals surface area contributed by atoms with Gasteiger partial charge in [0.2, 0.25) is 6.79 Å². The SMILES string of the molecule is CCCCNC(C)c1ccc2c(c1)OCO2. The van der Waals surface area contributed by atoms with Gasteiger partial charge in [0.25, 0.3) is 0 Å². The molecule has 3 heteroatoms. The van der Waals surface area contributed by atoms with E-state index in [4.69, 9.17) is 9.47 Å². The summed E-state index contributed by atoms with van der Waals surface area (Å²) >= 11 is 0. The van der Waals surface area contributed by atoms with E-state index in [1.807, 2.05) is 6.07 Å². The molecule has 1 aliphatic heterocycles. The average molecular weight is 221 g/mol. The van der Waals surface area contributed by atoms with Gasteiger partial charge in [0.15, 0.2) is 11.5 Å². The van der Waals surface area contributed by atoms with Crippen LogP contribution >= 0.6 is 0 Å². The smallest absolute Gasteiger partial charge is 0.231 e. The topological polar surface area (TPSA) is 30.5 Å². The Balaban J connectivity index is 1.98. The van der Waals surface area contributed by atoms with Crippen molar-refractivity contribution in [1.29, 1.82) is 0 Å². The molecule has 0 spiro atoms. The number of rotatable bonds is 5. The molecule has 0 aromatic heterocycles. The third kappa shape index (κ3) is 2.47. The van der Waals surface area contributed by atoms with E-state index in [1.165, 1.54) is 18.4 Å². The number of ether oxygens (including phenoxy) is 2. The van der Waals surface area contributed by atoms with Crippen LogP contribution in [0.5, 0.6) is 11.5 Å². The molecule has 0 aliphatic carbocycles. The van der Waals surface area contributed by atoms with Gasteiger partial charge in [-0.1, -0.05) is 19.4 Å². The molecule has 3 nitrogen and oxygen atoms in total. The van der Waals surface area contributed by atoms with Crippen molar-refractivity contribution in [1.82, 2.24) is 5.32 Å². The number of unbranched alkanes of at least 4 members (excludes halogenated alkanes) is 1. The van der Waals surface area contributed by atoms with E-state index in [2.05, 4.69) is 31.3 Å². The van der Waals surface area contributed by atoms with Crippen molar-refractivity contribution in [3.63, 3.8) is 0 Å². The standard InChI is InChI=1S/C13H19NO2/c1-3-4-7-14-10(2)11-5-6-12-13(8-11)16-9-15-12/h5-6,8,10,14H,3-4,7,9H2,1-2H3. The number of benzene rings is 1. The summed E-state index contributed by atoms with van der Waals surface area (Å²) in [5.41, 5.74) is 1.25. The summed E-state index contributed by atoms with van der Waals surface area (Å²) in [5, 5.41) is 3.49. The molecule has 0 radical (unpaired) electrons. The fraction of sp³-hybridized carbons (Fsp3) is 0.538. The molecule has 0 fully saturated rings. The number of fused-ring (bicyclic) bond motifs is 1. The van der Waals surface area contributed by atoms with Crippen LogP contribution < -0.4 is 14.8 Å². The van der Waals surface area contributed by atoms with Crippen molar-refractivity contribution in [2.24, 2.45) is 0 Å². The van der Waals surface area contributed by atoms with Gasteiger partial charge in [-0.3, -0.25) is 0 Å². The fourth-order valence-corrected chi connectivity index (χ4v) is 1.80. The van der Waals surface area contributed by atoms with Crippen molar-refractivity contribution in [3.05, 3.63) is 23.8 Å². The molecule has 1 heterocycles. The summed E-state index contributed by atoms with van der Waals surface area (Å²) in [6, 6.07) is 6.50. The molecule has 1 N–H and O–H groups in total. The first-order valence-corrected chi connectivity index (χ1v) is 5.94. The van der Waals surface area contributed by atoms with Crippen LogP contribution in [0.3, 0.4) is 0 Å². The van der Waals surface area contributed by atoms with Crippen LogP contribution in [-0.4, -0.2) is 13.3 Å². The normalized spacial score (nSPS) is 15.1. The zero-order valence-corrected chi connectivity index (χ0v) is 9.95. The van der Waals surface area contributed by atoms with Gasteiger partial charge < -0.3 is 14.8 Å². The van der Waals surface area contributed by atoms with E-state index in [0.717, 1.165) is 18.0 Å². The third-order valence-electron chi connectivity index (χ3n) is 2.88. The van der Waals surface area contributed by atoms with Gasteiger partial charge >= 0.3 is 0 Å². The lowest BCUT2D eigenvalue weighted by Crippen LogP contribution is -2.19. The molecular weight excluding hydrogens is 202 g/mol. The Hall–Kier alpha value is -1.22. The lowest BCUT2D eigenvalue weighted by molar-refractivity contribution is 0.174. The lowest BCUT2D eigenvalue weighted by atomic mass is 10.1. The van der Waals surface area contributed by atoms with Gasteiger partial charge in [-0.05, 0) is 37.6 Å². The molecule has 0 saturated carbocycles. The number of nitrogens with one attached hydrogen (secondary N) is 1. The van der Waals surface area contributed by atoms with E-state index in [0.29, 0.717) is 12.8 Å². The highest BCUT2D eigenvalue weighted by molar-refractivity contribution is 5.45. The molecule has 1 aromatic rings. The second-order valence-electron chi connectivity index (χ2n) is 4.14. The summed E-state index contributed by atoms with van der Waals surface area (Å²) in [6.45, 7) is 5.78. The lowest BCUT2D eigenvalue weighted by Gasteiger charge is -2.14. The molecule has 1 aliphatic rings. The van der Waals surface area contributed by atoms with Crippen molar-refractivity contribution >= 4 is 0 Å². The highest BCUT2D eigenvalue weighted by atomic mass is 16.7. The minimum Gasteiger partial charge on any atom is -0.454 e. The Morgan fingerprint density at radius 2 is 2.12 bits per heavy atom. The van der Waals surface area contributed by atoms with Gasteiger partial charge in [-0.2, -0.15) is 0 Å². The molecule has 16 heavy (non-hydrogen) atoms. The van der Waals surface area contributed by atoms with Crippen molar-refractivity contribution in [2.75, 3.05) is 13.3 Å². The molecule has 1 atom stereocenters. The zero-order valence-electron chi connectivity index (χ0n) is 9.95. The maximum atomic E-state index is 5.36. The van der Waals surface area contributed by atoms with Crippen molar-refractivity contribution in [3.8, 4) is 11.5 Å². The maximum Gasteiger partial charge on any atom is 0.231 e. The van der Waals surface area contributed by atoms with Crippen LogP contribution in [0.15, 0.2) is 18.2 Å². The first-order chi connectivity index (χ1) is 7.81. The van der Waals surface area contributed by atoms with Gasteiger partial charge in [0.05, 0.1) is 0 Å². The Kier molecular flexibility index (Phi) is 3.67. The largest absolute Gasteiger partial charge is 0.454 e. The monoisotopic (exact) mass is 221 g/mol. The third-order valence-corrected chi connectivity index (χ3v) is 2.88. The summed E-state index contributed by atoms with van der Waals surface area (Å²) in [5.74, 6) is 1.71. The van der Waals surface area contributed by atoms with Crippen LogP contribution in [0.1, 0.15) is 38.3 Å². The second-order valence-corrected chi connectivity index (χ2v) is 4.14. The second kappa shape index (κ2) is 5.21. The summed E-state index contributed by atoms with van der Waals surface area (Å²) < 4.78 is 10.7. The Bertz CT molecular complexity index is 352. The highest BCUT2D eigenvalue weighted by Gasteiger charge is 2.15. The van der Waals surface area contributed by atoms with Gasteiger partial charge in [0, 0.05) is 6.04 Å². The van der Waals surface area contributed by atoms with Crippen molar-refractivity contribution < 1.29 is 9.47 Å². The highest BCUT2D eigenvalue weighted by Crippen LogP contribution is 2.34. The predicted octanol–water partition coefficient (Wildman–Crippen LogP) is 2.87. The van der Waals surface area contributed by atoms with Crippen LogP contribution in [0.2, 0.25) is 0 Å². The van der Waals surface area contributed by atoms with Crippen molar-refractivity contribution in [2.45, 2.75) is 32.7 Å². The molecule has 0 bridgehead atoms. The minimum absolute atomic E-state index is 0.344. The van der Waals surface area contributed by atoms with Gasteiger partial charge in [-0.15, -0.1) is 0 Å². The molecular formula is C13H19NO2. The molecule has 0 saturated heterocycles. The average Bonchev–Trinajstić information content (AvgIpc) is 2.76. The molecule has 0 amide bonds. The minimum atomic E-state index is 0.344. The van der Waals surface area contributed by atoms with Crippen LogP contribution in [0, 0.1) is 0 Å². The number of hydrogen-bond donors (Lipinski definition) is 1. The van der Waals surface area contributed by atoms with E-state index >= 15 is 0 Å². The quantitative estimate of drug-likeness (QED) is 0.775. The predicted molar refractivity (Wildman–Crippen MR) is 63.9 cm³/mol. The summed E-state index contributed by atoms with van der Waals surface area (Å²) in [7, 11) is 0. The summed E-state index contributed by atoms with van der Waals surface area (Å²) in [4.78, 5) is 0. The first kappa shape index (κ1) is 11.3. The Labute approximate surface area is 96.8 Å². The van der Waals surface area contributed by atoms with Crippen LogP contribution in [0.4, 0.5) is 0 Å². The van der Waals surface area contributed by atoms with E-state index in [9.17, 15) is 0 Å². The molecule has 2 rings (SSSR count). The fourth-order valence-electron chi connectivity index (χ4n) is 1.80. The van der Waals surface area contributed by atoms with E-state index in [1.54, 1.807) is 0 Å². The molecule has 1 aromatic carbocycles.